The lowest BCUT2D eigenvalue weighted by Crippen LogP contribution is -2.40. The van der Waals surface area contributed by atoms with Crippen molar-refractivity contribution < 1.29 is 9.59 Å². The molecule has 1 aliphatic rings. The summed E-state index contributed by atoms with van der Waals surface area (Å²) in [4.78, 5) is 37.1. The van der Waals surface area contributed by atoms with Crippen LogP contribution in [-0.2, 0) is 22.6 Å². The molecule has 1 aromatic heterocycles. The van der Waals surface area contributed by atoms with Gasteiger partial charge in [-0.3, -0.25) is 9.59 Å². The Morgan fingerprint density at radius 3 is 2.55 bits per heavy atom. The minimum Gasteiger partial charge on any atom is -0.337 e. The summed E-state index contributed by atoms with van der Waals surface area (Å²) in [6.45, 7) is 10.4. The largest absolute Gasteiger partial charge is 0.337 e. The predicted octanol–water partition coefficient (Wildman–Crippen LogP) is 5.83. The molecule has 0 bridgehead atoms. The van der Waals surface area contributed by atoms with Gasteiger partial charge in [-0.15, -0.1) is 11.3 Å². The molecule has 0 atom stereocenters. The number of hydrogen-bond acceptors (Lipinski definition) is 6. The van der Waals surface area contributed by atoms with E-state index in [1.54, 1.807) is 6.92 Å². The second kappa shape index (κ2) is 13.2. The van der Waals surface area contributed by atoms with Crippen molar-refractivity contribution in [1.82, 2.24) is 14.8 Å². The standard InChI is InChI=1S/C29H36ClN5O2S/c1-21(2)18-33-13-6-14-35(22(3)36)27-8-5-4-7-23(27)19-34(16-15-33)28(37)17-26-20-38-29(32-26)31-25-11-9-24(30)10-12-25/h4-5,7-12,20-21H,6,13-19H2,1-3H3,(H,31,32). The SMILES string of the molecule is CC(=O)N1CCCN(CC(C)C)CCN(C(=O)Cc2csc(Nc3ccc(Cl)cc3)n2)Cc2ccccc21. The van der Waals surface area contributed by atoms with E-state index in [2.05, 4.69) is 29.0 Å². The number of rotatable bonds is 6. The first-order valence-electron chi connectivity index (χ1n) is 13.1. The molecular weight excluding hydrogens is 518 g/mol. The molecule has 0 saturated heterocycles. The number of aromatic nitrogens is 1. The number of fused-ring (bicyclic) bond motifs is 1. The minimum atomic E-state index is 0.0215. The lowest BCUT2D eigenvalue weighted by molar-refractivity contribution is -0.131. The number of nitrogens with one attached hydrogen (secondary N) is 1. The Morgan fingerprint density at radius 2 is 1.82 bits per heavy atom. The third kappa shape index (κ3) is 7.79. The van der Waals surface area contributed by atoms with E-state index in [-0.39, 0.29) is 18.2 Å². The van der Waals surface area contributed by atoms with Crippen LogP contribution in [0.15, 0.2) is 53.9 Å². The van der Waals surface area contributed by atoms with E-state index < -0.39 is 0 Å². The topological polar surface area (TPSA) is 68.8 Å². The average molecular weight is 554 g/mol. The van der Waals surface area contributed by atoms with Crippen molar-refractivity contribution in [3.05, 3.63) is 70.2 Å². The molecule has 0 spiro atoms. The molecule has 1 N–H and O–H groups in total. The third-order valence-corrected chi connectivity index (χ3v) is 7.58. The van der Waals surface area contributed by atoms with Crippen molar-refractivity contribution in [1.29, 1.82) is 0 Å². The molecule has 38 heavy (non-hydrogen) atoms. The van der Waals surface area contributed by atoms with E-state index in [0.29, 0.717) is 30.6 Å². The molecule has 2 amide bonds. The number of benzene rings is 2. The van der Waals surface area contributed by atoms with Crippen molar-refractivity contribution >= 4 is 51.3 Å². The fraction of sp³-hybridized carbons (Fsp3) is 0.414. The fourth-order valence-electron chi connectivity index (χ4n) is 4.75. The van der Waals surface area contributed by atoms with Crippen LogP contribution in [0.4, 0.5) is 16.5 Å². The molecular formula is C29H36ClN5O2S. The van der Waals surface area contributed by atoms with Gasteiger partial charge >= 0.3 is 0 Å². The number of thiazole rings is 1. The summed E-state index contributed by atoms with van der Waals surface area (Å²) in [7, 11) is 0. The molecule has 7 nitrogen and oxygen atoms in total. The highest BCUT2D eigenvalue weighted by Gasteiger charge is 2.23. The van der Waals surface area contributed by atoms with Gasteiger partial charge < -0.3 is 20.0 Å². The van der Waals surface area contributed by atoms with Crippen LogP contribution in [0, 0.1) is 5.92 Å². The Hall–Kier alpha value is -2.94. The summed E-state index contributed by atoms with van der Waals surface area (Å²) in [6, 6.07) is 15.4. The fourth-order valence-corrected chi connectivity index (χ4v) is 5.60. The Bertz CT molecular complexity index is 1230. The van der Waals surface area contributed by atoms with Crippen LogP contribution in [-0.4, -0.2) is 59.3 Å². The number of nitrogens with zero attached hydrogens (tertiary/aromatic N) is 4. The van der Waals surface area contributed by atoms with Crippen molar-refractivity contribution in [2.24, 2.45) is 5.92 Å². The van der Waals surface area contributed by atoms with Gasteiger partial charge in [0.05, 0.1) is 12.1 Å². The van der Waals surface area contributed by atoms with E-state index in [1.165, 1.54) is 11.3 Å². The molecule has 0 radical (unpaired) electrons. The zero-order valence-electron chi connectivity index (χ0n) is 22.3. The molecule has 4 rings (SSSR count). The lowest BCUT2D eigenvalue weighted by atomic mass is 10.1. The highest BCUT2D eigenvalue weighted by Crippen LogP contribution is 2.25. The van der Waals surface area contributed by atoms with E-state index in [4.69, 9.17) is 11.6 Å². The lowest BCUT2D eigenvalue weighted by Gasteiger charge is -2.28. The number of carbonyl (C=O) groups is 2. The highest BCUT2D eigenvalue weighted by molar-refractivity contribution is 7.13. The van der Waals surface area contributed by atoms with Gasteiger partial charge in [0.1, 0.15) is 0 Å². The summed E-state index contributed by atoms with van der Waals surface area (Å²) in [6.07, 6.45) is 1.11. The molecule has 2 heterocycles. The van der Waals surface area contributed by atoms with Crippen LogP contribution < -0.4 is 10.2 Å². The maximum atomic E-state index is 13.6. The molecule has 0 aliphatic carbocycles. The van der Waals surface area contributed by atoms with Crippen molar-refractivity contribution in [3.8, 4) is 0 Å². The summed E-state index contributed by atoms with van der Waals surface area (Å²) in [5.41, 5.74) is 3.50. The van der Waals surface area contributed by atoms with Crippen LogP contribution in [0.5, 0.6) is 0 Å². The van der Waals surface area contributed by atoms with Gasteiger partial charge in [-0.05, 0) is 54.8 Å². The molecule has 0 unspecified atom stereocenters. The maximum absolute atomic E-state index is 13.6. The smallest absolute Gasteiger partial charge is 0.228 e. The van der Waals surface area contributed by atoms with E-state index in [1.807, 2.05) is 63.7 Å². The zero-order chi connectivity index (χ0) is 27.1. The average Bonchev–Trinajstić information content (AvgIpc) is 3.30. The zero-order valence-corrected chi connectivity index (χ0v) is 23.9. The van der Waals surface area contributed by atoms with E-state index in [0.717, 1.165) is 53.8 Å². The van der Waals surface area contributed by atoms with Gasteiger partial charge in [-0.1, -0.05) is 43.6 Å². The quantitative estimate of drug-likeness (QED) is 0.416. The number of halogens is 1. The molecule has 3 aromatic rings. The minimum absolute atomic E-state index is 0.0215. The molecule has 0 saturated carbocycles. The molecule has 202 valence electrons. The van der Waals surface area contributed by atoms with Crippen molar-refractivity contribution in [2.45, 2.75) is 40.2 Å². The van der Waals surface area contributed by atoms with Crippen molar-refractivity contribution in [2.75, 3.05) is 42.9 Å². The molecule has 0 fully saturated rings. The van der Waals surface area contributed by atoms with E-state index >= 15 is 0 Å². The van der Waals surface area contributed by atoms with Gasteiger partial charge in [-0.25, -0.2) is 4.98 Å². The van der Waals surface area contributed by atoms with Crippen LogP contribution in [0.3, 0.4) is 0 Å². The summed E-state index contributed by atoms with van der Waals surface area (Å²) in [5, 5.41) is 6.62. The first kappa shape index (κ1) is 28.1. The van der Waals surface area contributed by atoms with Gasteiger partial charge in [0.2, 0.25) is 11.8 Å². The number of hydrogen-bond donors (Lipinski definition) is 1. The maximum Gasteiger partial charge on any atom is 0.228 e. The second-order valence-corrected chi connectivity index (χ2v) is 11.4. The normalized spacial score (nSPS) is 15.2. The second-order valence-electron chi connectivity index (χ2n) is 10.1. The Morgan fingerprint density at radius 1 is 1.05 bits per heavy atom. The molecule has 1 aliphatic heterocycles. The van der Waals surface area contributed by atoms with E-state index in [9.17, 15) is 9.59 Å². The number of anilines is 3. The Balaban J connectivity index is 1.53. The monoisotopic (exact) mass is 553 g/mol. The van der Waals surface area contributed by atoms with Crippen LogP contribution in [0.25, 0.3) is 0 Å². The van der Waals surface area contributed by atoms with Gasteiger partial charge in [-0.2, -0.15) is 0 Å². The number of carbonyl (C=O) groups excluding carboxylic acids is 2. The summed E-state index contributed by atoms with van der Waals surface area (Å²) < 4.78 is 0. The third-order valence-electron chi connectivity index (χ3n) is 6.52. The van der Waals surface area contributed by atoms with Crippen LogP contribution in [0.2, 0.25) is 5.02 Å². The van der Waals surface area contributed by atoms with Crippen LogP contribution in [0.1, 0.15) is 38.4 Å². The van der Waals surface area contributed by atoms with Gasteiger partial charge in [0, 0.05) is 61.4 Å². The Labute approximate surface area is 234 Å². The first-order valence-corrected chi connectivity index (χ1v) is 14.4. The number of amides is 2. The number of para-hydroxylation sites is 1. The predicted molar refractivity (Wildman–Crippen MR) is 156 cm³/mol. The first-order chi connectivity index (χ1) is 18.3. The summed E-state index contributed by atoms with van der Waals surface area (Å²) >= 11 is 7.46. The molecule has 9 heteroatoms. The summed E-state index contributed by atoms with van der Waals surface area (Å²) in [5.74, 6) is 0.571. The van der Waals surface area contributed by atoms with Crippen LogP contribution >= 0.6 is 22.9 Å². The molecule has 2 aromatic carbocycles. The van der Waals surface area contributed by atoms with Gasteiger partial charge in [0.25, 0.3) is 0 Å². The van der Waals surface area contributed by atoms with Gasteiger partial charge in [0.15, 0.2) is 5.13 Å². The Kier molecular flexibility index (Phi) is 9.77. The highest BCUT2D eigenvalue weighted by atomic mass is 35.5. The van der Waals surface area contributed by atoms with Crippen molar-refractivity contribution in [3.63, 3.8) is 0 Å².